The lowest BCUT2D eigenvalue weighted by Crippen LogP contribution is -2.24. The van der Waals surface area contributed by atoms with Crippen LogP contribution in [0.15, 0.2) is 52.3 Å². The van der Waals surface area contributed by atoms with Crippen molar-refractivity contribution in [3.8, 4) is 11.4 Å². The number of aromatic amines is 1. The van der Waals surface area contributed by atoms with Gasteiger partial charge in [-0.25, -0.2) is 4.98 Å². The molecule has 2 aromatic heterocycles. The van der Waals surface area contributed by atoms with Crippen LogP contribution in [-0.2, 0) is 4.79 Å². The highest BCUT2D eigenvalue weighted by Crippen LogP contribution is 2.23. The fraction of sp³-hybridized carbons (Fsp3) is 0.0714. The van der Waals surface area contributed by atoms with Gasteiger partial charge in [-0.05, 0) is 35.3 Å². The molecule has 0 fully saturated rings. The molecular formula is C14H12N4O2S2. The van der Waals surface area contributed by atoms with Gasteiger partial charge in [0.05, 0.1) is 0 Å². The Bertz CT molecular complexity index is 743. The summed E-state index contributed by atoms with van der Waals surface area (Å²) < 4.78 is 0. The Morgan fingerprint density at radius 2 is 2.14 bits per heavy atom. The molecule has 0 aliphatic carbocycles. The molecule has 1 unspecified atom stereocenters. The second-order valence-electron chi connectivity index (χ2n) is 4.30. The first-order valence-electron chi connectivity index (χ1n) is 6.38. The number of aromatic nitrogens is 3. The Hall–Kier alpha value is -2.16. The summed E-state index contributed by atoms with van der Waals surface area (Å²) in [6.45, 7) is 0. The van der Waals surface area contributed by atoms with Crippen LogP contribution in [0.3, 0.4) is 0 Å². The Kier molecular flexibility index (Phi) is 4.52. The zero-order chi connectivity index (χ0) is 15.4. The smallest absolute Gasteiger partial charge is 0.264 e. The van der Waals surface area contributed by atoms with Gasteiger partial charge < -0.3 is 10.4 Å². The number of anilines is 1. The maximum atomic E-state index is 11.9. The van der Waals surface area contributed by atoms with Gasteiger partial charge in [0.1, 0.15) is 0 Å². The van der Waals surface area contributed by atoms with Gasteiger partial charge in [0, 0.05) is 16.6 Å². The van der Waals surface area contributed by atoms with Crippen LogP contribution < -0.4 is 5.32 Å². The molecule has 0 aliphatic heterocycles. The van der Waals surface area contributed by atoms with Crippen LogP contribution in [0.1, 0.15) is 0 Å². The average Bonchev–Trinajstić information content (AvgIpc) is 3.19. The van der Waals surface area contributed by atoms with E-state index < -0.39 is 11.3 Å². The molecule has 1 atom stereocenters. The maximum Gasteiger partial charge on any atom is 0.264 e. The van der Waals surface area contributed by atoms with Gasteiger partial charge in [0.25, 0.3) is 5.91 Å². The number of carbonyl (C=O) groups excluding carboxylic acids is 1. The van der Waals surface area contributed by atoms with Crippen LogP contribution in [0.4, 0.5) is 5.69 Å². The number of carbonyl (C=O) groups is 1. The summed E-state index contributed by atoms with van der Waals surface area (Å²) in [4.78, 5) is 16.2. The standard InChI is InChI=1S/C14H12N4O2S2/c19-12(15-10-4-2-1-3-5-10)13(20)22-14-16-11(17-18-14)9-6-7-21-8-9/h1-8,13,20H,(H,15,19)(H,16,17,18). The van der Waals surface area contributed by atoms with Crippen molar-refractivity contribution in [3.63, 3.8) is 0 Å². The Balaban J connectivity index is 1.62. The van der Waals surface area contributed by atoms with Crippen molar-refractivity contribution >= 4 is 34.7 Å². The number of thioether (sulfide) groups is 1. The van der Waals surface area contributed by atoms with E-state index in [-0.39, 0.29) is 0 Å². The number of hydrogen-bond acceptors (Lipinski definition) is 6. The molecular weight excluding hydrogens is 320 g/mol. The van der Waals surface area contributed by atoms with Crippen molar-refractivity contribution in [1.82, 2.24) is 15.2 Å². The summed E-state index contributed by atoms with van der Waals surface area (Å²) in [5.41, 5.74) is 0.264. The zero-order valence-electron chi connectivity index (χ0n) is 11.3. The average molecular weight is 332 g/mol. The first-order valence-corrected chi connectivity index (χ1v) is 8.20. The molecule has 0 saturated carbocycles. The number of H-pyrrole nitrogens is 1. The van der Waals surface area contributed by atoms with Crippen molar-refractivity contribution in [3.05, 3.63) is 47.2 Å². The number of hydrogen-bond donors (Lipinski definition) is 3. The van der Waals surface area contributed by atoms with Gasteiger partial charge >= 0.3 is 0 Å². The van der Waals surface area contributed by atoms with Crippen molar-refractivity contribution in [2.24, 2.45) is 0 Å². The minimum Gasteiger partial charge on any atom is -0.373 e. The van der Waals surface area contributed by atoms with Crippen molar-refractivity contribution in [2.45, 2.75) is 10.6 Å². The molecule has 112 valence electrons. The summed E-state index contributed by atoms with van der Waals surface area (Å²) in [5.74, 6) is 0.0949. The highest BCUT2D eigenvalue weighted by Gasteiger charge is 2.19. The molecule has 1 aromatic carbocycles. The van der Waals surface area contributed by atoms with Crippen molar-refractivity contribution < 1.29 is 9.90 Å². The molecule has 8 heteroatoms. The first-order chi connectivity index (χ1) is 10.7. The van der Waals surface area contributed by atoms with Gasteiger partial charge in [-0.15, -0.1) is 5.10 Å². The van der Waals surface area contributed by atoms with E-state index in [2.05, 4.69) is 20.5 Å². The van der Waals surface area contributed by atoms with Crippen LogP contribution in [0.5, 0.6) is 0 Å². The van der Waals surface area contributed by atoms with E-state index in [1.807, 2.05) is 22.9 Å². The monoisotopic (exact) mass is 332 g/mol. The second kappa shape index (κ2) is 6.73. The number of aliphatic hydroxyl groups is 1. The van der Waals surface area contributed by atoms with E-state index in [9.17, 15) is 9.90 Å². The summed E-state index contributed by atoms with van der Waals surface area (Å²) in [7, 11) is 0. The lowest BCUT2D eigenvalue weighted by atomic mass is 10.3. The molecule has 3 aromatic rings. The van der Waals surface area contributed by atoms with Crippen LogP contribution >= 0.6 is 23.1 Å². The molecule has 6 nitrogen and oxygen atoms in total. The summed E-state index contributed by atoms with van der Waals surface area (Å²) in [6.07, 6.45) is 0. The van der Waals surface area contributed by atoms with E-state index in [1.54, 1.807) is 35.6 Å². The van der Waals surface area contributed by atoms with Crippen LogP contribution in [0, 0.1) is 0 Å². The molecule has 3 N–H and O–H groups in total. The number of rotatable bonds is 5. The zero-order valence-corrected chi connectivity index (χ0v) is 12.9. The molecule has 0 spiro atoms. The quantitative estimate of drug-likeness (QED) is 0.493. The SMILES string of the molecule is O=C(Nc1ccccc1)C(O)Sc1n[nH]c(-c2ccsc2)n1. The number of para-hydroxylation sites is 1. The summed E-state index contributed by atoms with van der Waals surface area (Å²) in [5, 5.41) is 23.5. The van der Waals surface area contributed by atoms with Gasteiger partial charge in [0.15, 0.2) is 11.3 Å². The topological polar surface area (TPSA) is 90.9 Å². The van der Waals surface area contributed by atoms with Crippen LogP contribution in [-0.4, -0.2) is 31.6 Å². The number of nitrogens with one attached hydrogen (secondary N) is 2. The number of benzene rings is 1. The van der Waals surface area contributed by atoms with E-state index >= 15 is 0 Å². The minimum atomic E-state index is -1.29. The number of nitrogens with zero attached hydrogens (tertiary/aromatic N) is 2. The van der Waals surface area contributed by atoms with Gasteiger partial charge in [0.2, 0.25) is 5.16 Å². The van der Waals surface area contributed by atoms with Crippen molar-refractivity contribution in [2.75, 3.05) is 5.32 Å². The predicted molar refractivity (Wildman–Crippen MR) is 86.6 cm³/mol. The highest BCUT2D eigenvalue weighted by atomic mass is 32.2. The minimum absolute atomic E-state index is 0.317. The third-order valence-electron chi connectivity index (χ3n) is 2.74. The molecule has 0 bridgehead atoms. The van der Waals surface area contributed by atoms with E-state index in [0.717, 1.165) is 17.3 Å². The lowest BCUT2D eigenvalue weighted by molar-refractivity contribution is -0.120. The van der Waals surface area contributed by atoms with E-state index in [4.69, 9.17) is 0 Å². The Labute approximate surface area is 134 Å². The molecule has 0 radical (unpaired) electrons. The summed E-state index contributed by atoms with van der Waals surface area (Å²) >= 11 is 2.44. The van der Waals surface area contributed by atoms with Gasteiger partial charge in [-0.1, -0.05) is 18.2 Å². The molecule has 1 amide bonds. The number of thiophene rings is 1. The fourth-order valence-corrected chi connectivity index (χ4v) is 2.95. The largest absolute Gasteiger partial charge is 0.373 e. The maximum absolute atomic E-state index is 11.9. The van der Waals surface area contributed by atoms with Gasteiger partial charge in [-0.3, -0.25) is 9.89 Å². The highest BCUT2D eigenvalue weighted by molar-refractivity contribution is 8.00. The normalized spacial score (nSPS) is 12.0. The van der Waals surface area contributed by atoms with Crippen molar-refractivity contribution in [1.29, 1.82) is 0 Å². The third kappa shape index (κ3) is 3.53. The lowest BCUT2D eigenvalue weighted by Gasteiger charge is -2.08. The number of amides is 1. The summed E-state index contributed by atoms with van der Waals surface area (Å²) in [6, 6.07) is 10.9. The molecule has 22 heavy (non-hydrogen) atoms. The fourth-order valence-electron chi connectivity index (χ4n) is 1.71. The second-order valence-corrected chi connectivity index (χ2v) is 6.13. The molecule has 0 saturated heterocycles. The van der Waals surface area contributed by atoms with E-state index in [1.165, 1.54) is 0 Å². The first kappa shape index (κ1) is 14.8. The Morgan fingerprint density at radius 1 is 1.32 bits per heavy atom. The molecule has 3 rings (SSSR count). The van der Waals surface area contributed by atoms with Crippen LogP contribution in [0.2, 0.25) is 0 Å². The Morgan fingerprint density at radius 3 is 2.86 bits per heavy atom. The third-order valence-corrected chi connectivity index (χ3v) is 4.26. The van der Waals surface area contributed by atoms with Gasteiger partial charge in [-0.2, -0.15) is 11.3 Å². The van der Waals surface area contributed by atoms with Crippen LogP contribution in [0.25, 0.3) is 11.4 Å². The molecule has 0 aliphatic rings. The van der Waals surface area contributed by atoms with E-state index in [0.29, 0.717) is 16.7 Å². The number of aliphatic hydroxyl groups excluding tert-OH is 1. The molecule has 2 heterocycles. The predicted octanol–water partition coefficient (Wildman–Crippen LogP) is 2.58.